The summed E-state index contributed by atoms with van der Waals surface area (Å²) in [5, 5.41) is 11.9. The van der Waals surface area contributed by atoms with Crippen molar-refractivity contribution in [2.24, 2.45) is 7.05 Å². The average molecular weight is 248 g/mol. The molecule has 0 fully saturated rings. The fourth-order valence-electron chi connectivity index (χ4n) is 1.25. The molecule has 5 nitrogen and oxygen atoms in total. The Labute approximate surface area is 103 Å². The minimum absolute atomic E-state index is 0.714. The normalized spacial score (nSPS) is 10.2. The monoisotopic (exact) mass is 248 g/mol. The molecule has 1 aromatic carbocycles. The highest BCUT2D eigenvalue weighted by Crippen LogP contribution is 2.31. The molecule has 0 saturated carbocycles. The van der Waals surface area contributed by atoms with E-state index in [2.05, 4.69) is 22.1 Å². The predicted octanol–water partition coefficient (Wildman–Crippen LogP) is 1.98. The van der Waals surface area contributed by atoms with Gasteiger partial charge in [-0.25, -0.2) is 4.68 Å². The predicted molar refractivity (Wildman–Crippen MR) is 66.7 cm³/mol. The molecule has 0 saturated heterocycles. The van der Waals surface area contributed by atoms with Crippen LogP contribution in [0.3, 0.4) is 0 Å². The molecule has 0 aliphatic heterocycles. The zero-order chi connectivity index (χ0) is 12.3. The van der Waals surface area contributed by atoms with Gasteiger partial charge in [-0.1, -0.05) is 18.7 Å². The third-order valence-electron chi connectivity index (χ3n) is 2.21. The van der Waals surface area contributed by atoms with E-state index >= 15 is 0 Å². The molecular formula is C11H12N4OS. The molecule has 0 bridgehead atoms. The Morgan fingerprint density at radius 1 is 1.35 bits per heavy atom. The Morgan fingerprint density at radius 3 is 2.59 bits per heavy atom. The summed E-state index contributed by atoms with van der Waals surface area (Å²) in [4.78, 5) is 0.894. The number of aromatic nitrogens is 4. The van der Waals surface area contributed by atoms with Gasteiger partial charge in [-0.05, 0) is 39.9 Å². The van der Waals surface area contributed by atoms with Crippen LogP contribution in [0.1, 0.15) is 5.56 Å². The van der Waals surface area contributed by atoms with Crippen molar-refractivity contribution in [3.05, 3.63) is 36.4 Å². The van der Waals surface area contributed by atoms with Crippen LogP contribution in [0.4, 0.5) is 0 Å². The molecule has 0 spiro atoms. The van der Waals surface area contributed by atoms with Gasteiger partial charge < -0.3 is 4.74 Å². The van der Waals surface area contributed by atoms with Gasteiger partial charge in [-0.3, -0.25) is 0 Å². The minimum atomic E-state index is 0.714. The molecule has 0 aliphatic rings. The van der Waals surface area contributed by atoms with Crippen molar-refractivity contribution in [1.82, 2.24) is 20.2 Å². The van der Waals surface area contributed by atoms with Crippen molar-refractivity contribution in [2.75, 3.05) is 7.11 Å². The molecule has 1 heterocycles. The van der Waals surface area contributed by atoms with Crippen molar-refractivity contribution in [3.63, 3.8) is 0 Å². The van der Waals surface area contributed by atoms with Crippen molar-refractivity contribution >= 4 is 16.7 Å². The lowest BCUT2D eigenvalue weighted by Crippen LogP contribution is -1.93. The quantitative estimate of drug-likeness (QED) is 0.774. The van der Waals surface area contributed by atoms with Crippen LogP contribution in [0.2, 0.25) is 0 Å². The minimum Gasteiger partial charge on any atom is -0.497 e. The Hall–Kier alpha value is -1.82. The van der Waals surface area contributed by atoms with Gasteiger partial charge in [0.25, 0.3) is 0 Å². The highest BCUT2D eigenvalue weighted by molar-refractivity contribution is 8.08. The molecule has 0 radical (unpaired) electrons. The van der Waals surface area contributed by atoms with Gasteiger partial charge in [0, 0.05) is 12.0 Å². The van der Waals surface area contributed by atoms with Gasteiger partial charge in [-0.15, -0.1) is 5.10 Å². The van der Waals surface area contributed by atoms with Gasteiger partial charge in [-0.2, -0.15) is 0 Å². The Balaban J connectivity index is 2.12. The van der Waals surface area contributed by atoms with E-state index in [9.17, 15) is 0 Å². The number of nitrogens with zero attached hydrogens (tertiary/aromatic N) is 4. The van der Waals surface area contributed by atoms with Crippen molar-refractivity contribution in [2.45, 2.75) is 5.16 Å². The first-order valence-corrected chi connectivity index (χ1v) is 5.76. The third kappa shape index (κ3) is 2.65. The lowest BCUT2D eigenvalue weighted by molar-refractivity contribution is 0.415. The molecule has 0 atom stereocenters. The van der Waals surface area contributed by atoms with Crippen LogP contribution in [0.15, 0.2) is 36.0 Å². The first-order valence-electron chi connectivity index (χ1n) is 4.94. The summed E-state index contributed by atoms with van der Waals surface area (Å²) in [5.41, 5.74) is 1.03. The highest BCUT2D eigenvalue weighted by atomic mass is 32.2. The lowest BCUT2D eigenvalue weighted by atomic mass is 10.2. The summed E-state index contributed by atoms with van der Waals surface area (Å²) in [6.07, 6.45) is 0. The fraction of sp³-hybridized carbons (Fsp3) is 0.182. The smallest absolute Gasteiger partial charge is 0.213 e. The maximum absolute atomic E-state index is 5.10. The largest absolute Gasteiger partial charge is 0.497 e. The molecule has 0 amide bonds. The lowest BCUT2D eigenvalue weighted by Gasteiger charge is -2.05. The molecule has 0 unspecified atom stereocenters. The zero-order valence-corrected chi connectivity index (χ0v) is 10.4. The average Bonchev–Trinajstić information content (AvgIpc) is 2.75. The number of thioether (sulfide) groups is 1. The summed E-state index contributed by atoms with van der Waals surface area (Å²) in [6.45, 7) is 4.01. The number of methoxy groups -OCH3 is 1. The molecule has 0 N–H and O–H groups in total. The summed E-state index contributed by atoms with van der Waals surface area (Å²) in [6, 6.07) is 7.71. The van der Waals surface area contributed by atoms with Crippen LogP contribution >= 0.6 is 11.8 Å². The van der Waals surface area contributed by atoms with Gasteiger partial charge in [0.2, 0.25) is 5.16 Å². The molecule has 0 aliphatic carbocycles. The first-order chi connectivity index (χ1) is 8.20. The summed E-state index contributed by atoms with van der Waals surface area (Å²) < 4.78 is 6.71. The Morgan fingerprint density at radius 2 is 2.06 bits per heavy atom. The summed E-state index contributed by atoms with van der Waals surface area (Å²) in [7, 11) is 3.44. The van der Waals surface area contributed by atoms with E-state index in [1.54, 1.807) is 18.8 Å². The van der Waals surface area contributed by atoms with E-state index in [0.717, 1.165) is 16.2 Å². The number of aryl methyl sites for hydroxylation is 1. The van der Waals surface area contributed by atoms with Crippen LogP contribution in [0.5, 0.6) is 5.75 Å². The summed E-state index contributed by atoms with van der Waals surface area (Å²) >= 11 is 1.44. The standard InChI is InChI=1S/C11H12N4OS/c1-8(17-11-12-13-14-15(11)2)9-4-6-10(16-3)7-5-9/h4-7H,1H2,2-3H3. The first kappa shape index (κ1) is 11.7. The van der Waals surface area contributed by atoms with Crippen molar-refractivity contribution < 1.29 is 4.74 Å². The third-order valence-corrected chi connectivity index (χ3v) is 3.22. The number of hydrogen-bond acceptors (Lipinski definition) is 5. The van der Waals surface area contributed by atoms with Crippen LogP contribution in [-0.2, 0) is 7.05 Å². The zero-order valence-electron chi connectivity index (χ0n) is 9.62. The molecule has 1 aromatic heterocycles. The number of ether oxygens (including phenoxy) is 1. The second kappa shape index (κ2) is 5.01. The maximum atomic E-state index is 5.10. The van der Waals surface area contributed by atoms with E-state index in [1.807, 2.05) is 24.3 Å². The molecule has 2 aromatic rings. The Bertz CT molecular complexity index is 521. The van der Waals surface area contributed by atoms with E-state index in [1.165, 1.54) is 11.8 Å². The van der Waals surface area contributed by atoms with Crippen molar-refractivity contribution in [3.8, 4) is 5.75 Å². The van der Waals surface area contributed by atoms with E-state index in [-0.39, 0.29) is 0 Å². The van der Waals surface area contributed by atoms with Crippen LogP contribution < -0.4 is 4.74 Å². The van der Waals surface area contributed by atoms with E-state index in [4.69, 9.17) is 4.74 Å². The maximum Gasteiger partial charge on any atom is 0.213 e. The van der Waals surface area contributed by atoms with Crippen molar-refractivity contribution in [1.29, 1.82) is 0 Å². The number of benzene rings is 1. The number of rotatable bonds is 4. The van der Waals surface area contributed by atoms with Gasteiger partial charge in [0.05, 0.1) is 7.11 Å². The Kier molecular flexibility index (Phi) is 3.43. The van der Waals surface area contributed by atoms with E-state index < -0.39 is 0 Å². The second-order valence-corrected chi connectivity index (χ2v) is 4.40. The molecule has 17 heavy (non-hydrogen) atoms. The molecule has 88 valence electrons. The van der Waals surface area contributed by atoms with Gasteiger partial charge in [0.1, 0.15) is 5.75 Å². The van der Waals surface area contributed by atoms with E-state index in [0.29, 0.717) is 5.16 Å². The topological polar surface area (TPSA) is 52.8 Å². The second-order valence-electron chi connectivity index (χ2n) is 3.34. The molecule has 6 heteroatoms. The fourth-order valence-corrected chi connectivity index (χ4v) is 1.97. The SMILES string of the molecule is C=C(Sc1nnnn1C)c1ccc(OC)cc1. The number of hydrogen-bond donors (Lipinski definition) is 0. The van der Waals surface area contributed by atoms with Gasteiger partial charge in [0.15, 0.2) is 0 Å². The van der Waals surface area contributed by atoms with Gasteiger partial charge >= 0.3 is 0 Å². The molecule has 2 rings (SSSR count). The van der Waals surface area contributed by atoms with Crippen LogP contribution in [0.25, 0.3) is 4.91 Å². The number of tetrazole rings is 1. The molecular weight excluding hydrogens is 236 g/mol. The summed E-state index contributed by atoms with van der Waals surface area (Å²) in [5.74, 6) is 0.826. The van der Waals surface area contributed by atoms with Crippen LogP contribution in [-0.4, -0.2) is 27.3 Å². The van der Waals surface area contributed by atoms with Crippen LogP contribution in [0, 0.1) is 0 Å². The highest BCUT2D eigenvalue weighted by Gasteiger charge is 2.07.